The van der Waals surface area contributed by atoms with E-state index < -0.39 is 0 Å². The number of benzene rings is 1. The van der Waals surface area contributed by atoms with Crippen molar-refractivity contribution in [2.24, 2.45) is 0 Å². The summed E-state index contributed by atoms with van der Waals surface area (Å²) in [6, 6.07) is 5.57. The van der Waals surface area contributed by atoms with Crippen molar-refractivity contribution < 1.29 is 4.42 Å². The molecule has 98 valence electrons. The summed E-state index contributed by atoms with van der Waals surface area (Å²) in [5, 5.41) is 2.04. The highest BCUT2D eigenvalue weighted by Gasteiger charge is 2.11. The third-order valence-corrected chi connectivity index (χ3v) is 3.45. The number of thiazole rings is 1. The van der Waals surface area contributed by atoms with Crippen LogP contribution in [0.1, 0.15) is 11.6 Å². The van der Waals surface area contributed by atoms with Crippen LogP contribution in [0.5, 0.6) is 0 Å². The monoisotopic (exact) mass is 274 g/mol. The van der Waals surface area contributed by atoms with Gasteiger partial charge in [0.2, 0.25) is 5.89 Å². The van der Waals surface area contributed by atoms with Crippen molar-refractivity contribution in [3.63, 3.8) is 0 Å². The largest absolute Gasteiger partial charge is 0.439 e. The first-order valence-corrected chi connectivity index (χ1v) is 6.86. The zero-order chi connectivity index (χ0) is 13.2. The maximum Gasteiger partial charge on any atom is 0.209 e. The molecule has 3 rings (SSSR count). The summed E-state index contributed by atoms with van der Waals surface area (Å²) >= 11 is 1.60. The van der Waals surface area contributed by atoms with Gasteiger partial charge < -0.3 is 10.2 Å². The van der Waals surface area contributed by atoms with Crippen molar-refractivity contribution >= 4 is 28.1 Å². The minimum atomic E-state index is 0.631. The molecule has 19 heavy (non-hydrogen) atoms. The smallest absolute Gasteiger partial charge is 0.209 e. The number of para-hydroxylation sites is 1. The van der Waals surface area contributed by atoms with Crippen LogP contribution in [-0.4, -0.2) is 21.9 Å². The van der Waals surface area contributed by atoms with Gasteiger partial charge in [-0.2, -0.15) is 0 Å². The summed E-state index contributed by atoms with van der Waals surface area (Å²) in [5.74, 6) is 0.672. The van der Waals surface area contributed by atoms with Gasteiger partial charge in [0.05, 0.1) is 23.4 Å². The summed E-state index contributed by atoms with van der Waals surface area (Å²) in [4.78, 5) is 10.8. The standard InChI is InChI=1S/C13H14N4OS/c1-17(5-9-7-19-8-15-9)6-12-16-13-10(14)3-2-4-11(13)18-12/h2-4,7-8H,5-6,14H2,1H3. The number of aromatic nitrogens is 2. The second kappa shape index (κ2) is 4.99. The zero-order valence-electron chi connectivity index (χ0n) is 10.5. The van der Waals surface area contributed by atoms with Crippen LogP contribution in [0.15, 0.2) is 33.5 Å². The van der Waals surface area contributed by atoms with E-state index in [9.17, 15) is 0 Å². The molecule has 5 nitrogen and oxygen atoms in total. The molecule has 0 radical (unpaired) electrons. The first-order chi connectivity index (χ1) is 9.22. The Balaban J connectivity index is 1.76. The molecule has 1 aromatic carbocycles. The summed E-state index contributed by atoms with van der Waals surface area (Å²) in [7, 11) is 2.01. The van der Waals surface area contributed by atoms with Crippen molar-refractivity contribution in [3.8, 4) is 0 Å². The van der Waals surface area contributed by atoms with Crippen molar-refractivity contribution in [3.05, 3.63) is 40.7 Å². The Bertz CT molecular complexity index is 677. The van der Waals surface area contributed by atoms with Crippen LogP contribution in [0.3, 0.4) is 0 Å². The first kappa shape index (κ1) is 12.1. The molecule has 0 aliphatic heterocycles. The van der Waals surface area contributed by atoms with E-state index >= 15 is 0 Å². The van der Waals surface area contributed by atoms with Crippen LogP contribution < -0.4 is 5.73 Å². The number of hydrogen-bond acceptors (Lipinski definition) is 6. The number of nitrogens with zero attached hydrogens (tertiary/aromatic N) is 3. The lowest BCUT2D eigenvalue weighted by molar-refractivity contribution is 0.283. The van der Waals surface area contributed by atoms with Gasteiger partial charge in [0.25, 0.3) is 0 Å². The molecule has 0 fully saturated rings. The minimum Gasteiger partial charge on any atom is -0.439 e. The molecule has 0 amide bonds. The molecule has 0 unspecified atom stereocenters. The lowest BCUT2D eigenvalue weighted by atomic mass is 10.3. The third-order valence-electron chi connectivity index (χ3n) is 2.82. The molecule has 0 spiro atoms. The van der Waals surface area contributed by atoms with E-state index in [1.807, 2.05) is 36.1 Å². The molecule has 3 aromatic rings. The fourth-order valence-corrected chi connectivity index (χ4v) is 2.51. The van der Waals surface area contributed by atoms with Gasteiger partial charge in [-0.3, -0.25) is 4.90 Å². The van der Waals surface area contributed by atoms with Crippen LogP contribution in [-0.2, 0) is 13.1 Å². The number of fused-ring (bicyclic) bond motifs is 1. The topological polar surface area (TPSA) is 68.2 Å². The van der Waals surface area contributed by atoms with E-state index in [-0.39, 0.29) is 0 Å². The average Bonchev–Trinajstić information content (AvgIpc) is 2.98. The summed E-state index contributed by atoms with van der Waals surface area (Å²) < 4.78 is 5.69. The lowest BCUT2D eigenvalue weighted by Crippen LogP contribution is -2.17. The van der Waals surface area contributed by atoms with E-state index in [0.29, 0.717) is 18.1 Å². The SMILES string of the molecule is CN(Cc1cscn1)Cc1nc2c(N)cccc2o1. The molecule has 0 aliphatic rings. The van der Waals surface area contributed by atoms with Crippen LogP contribution in [0.25, 0.3) is 11.1 Å². The van der Waals surface area contributed by atoms with Gasteiger partial charge in [0.15, 0.2) is 5.58 Å². The molecule has 2 heterocycles. The first-order valence-electron chi connectivity index (χ1n) is 5.92. The molecule has 0 saturated heterocycles. The highest BCUT2D eigenvalue weighted by Crippen LogP contribution is 2.21. The second-order valence-electron chi connectivity index (χ2n) is 4.45. The van der Waals surface area contributed by atoms with Gasteiger partial charge >= 0.3 is 0 Å². The molecule has 2 aromatic heterocycles. The molecule has 0 aliphatic carbocycles. The second-order valence-corrected chi connectivity index (χ2v) is 5.17. The Hall–Kier alpha value is -1.92. The Morgan fingerprint density at radius 1 is 1.37 bits per heavy atom. The Labute approximate surface area is 114 Å². The molecule has 6 heteroatoms. The maximum absolute atomic E-state index is 5.87. The number of hydrogen-bond donors (Lipinski definition) is 1. The van der Waals surface area contributed by atoms with Crippen LogP contribution in [0.2, 0.25) is 0 Å². The number of nitrogen functional groups attached to an aromatic ring is 1. The van der Waals surface area contributed by atoms with Crippen LogP contribution in [0.4, 0.5) is 5.69 Å². The van der Waals surface area contributed by atoms with E-state index in [4.69, 9.17) is 10.2 Å². The van der Waals surface area contributed by atoms with E-state index in [1.165, 1.54) is 0 Å². The average molecular weight is 274 g/mol. The molecule has 0 saturated carbocycles. The quantitative estimate of drug-likeness (QED) is 0.740. The molecule has 0 bridgehead atoms. The molecular weight excluding hydrogens is 260 g/mol. The molecule has 2 N–H and O–H groups in total. The van der Waals surface area contributed by atoms with Gasteiger partial charge in [0, 0.05) is 11.9 Å². The van der Waals surface area contributed by atoms with Gasteiger partial charge in [-0.15, -0.1) is 11.3 Å². The predicted molar refractivity (Wildman–Crippen MR) is 75.7 cm³/mol. The fourth-order valence-electron chi connectivity index (χ4n) is 1.96. The zero-order valence-corrected chi connectivity index (χ0v) is 11.4. The summed E-state index contributed by atoms with van der Waals surface area (Å²) in [6.45, 7) is 1.41. The summed E-state index contributed by atoms with van der Waals surface area (Å²) in [5.41, 5.74) is 10.9. The van der Waals surface area contributed by atoms with Gasteiger partial charge in [-0.1, -0.05) is 6.07 Å². The van der Waals surface area contributed by atoms with Crippen molar-refractivity contribution in [1.82, 2.24) is 14.9 Å². The Morgan fingerprint density at radius 3 is 3.00 bits per heavy atom. The van der Waals surface area contributed by atoms with Crippen LogP contribution >= 0.6 is 11.3 Å². The normalized spacial score (nSPS) is 11.5. The maximum atomic E-state index is 5.87. The Morgan fingerprint density at radius 2 is 2.26 bits per heavy atom. The third kappa shape index (κ3) is 2.59. The fraction of sp³-hybridized carbons (Fsp3) is 0.231. The Kier molecular flexibility index (Phi) is 3.18. The number of anilines is 1. The minimum absolute atomic E-state index is 0.631. The van der Waals surface area contributed by atoms with Gasteiger partial charge in [0.1, 0.15) is 5.52 Å². The van der Waals surface area contributed by atoms with Gasteiger partial charge in [-0.05, 0) is 19.2 Å². The van der Waals surface area contributed by atoms with Crippen molar-refractivity contribution in [2.45, 2.75) is 13.1 Å². The van der Waals surface area contributed by atoms with Crippen molar-refractivity contribution in [2.75, 3.05) is 12.8 Å². The molecule has 0 atom stereocenters. The molecular formula is C13H14N4OS. The number of oxazole rings is 1. The number of rotatable bonds is 4. The van der Waals surface area contributed by atoms with E-state index in [0.717, 1.165) is 23.3 Å². The summed E-state index contributed by atoms with van der Waals surface area (Å²) in [6.07, 6.45) is 0. The van der Waals surface area contributed by atoms with Gasteiger partial charge in [-0.25, -0.2) is 9.97 Å². The lowest BCUT2D eigenvalue weighted by Gasteiger charge is -2.12. The number of nitrogens with two attached hydrogens (primary N) is 1. The van der Waals surface area contributed by atoms with E-state index in [1.54, 1.807) is 11.3 Å². The van der Waals surface area contributed by atoms with E-state index in [2.05, 4.69) is 14.9 Å². The predicted octanol–water partition coefficient (Wildman–Crippen LogP) is 2.50. The highest BCUT2D eigenvalue weighted by molar-refractivity contribution is 7.07. The highest BCUT2D eigenvalue weighted by atomic mass is 32.1. The van der Waals surface area contributed by atoms with Crippen molar-refractivity contribution in [1.29, 1.82) is 0 Å². The van der Waals surface area contributed by atoms with Crippen LogP contribution in [0, 0.1) is 0 Å².